The fourth-order valence-electron chi connectivity index (χ4n) is 2.97. The molecule has 0 saturated carbocycles. The lowest BCUT2D eigenvalue weighted by Gasteiger charge is -2.23. The maximum Gasteiger partial charge on any atom is 0.191 e. The summed E-state index contributed by atoms with van der Waals surface area (Å²) < 4.78 is 7.37. The Kier molecular flexibility index (Phi) is 11.1. The van der Waals surface area contributed by atoms with Crippen LogP contribution >= 0.6 is 24.0 Å². The van der Waals surface area contributed by atoms with E-state index in [2.05, 4.69) is 39.4 Å². The summed E-state index contributed by atoms with van der Waals surface area (Å²) in [4.78, 5) is 7.27. The normalized spacial score (nSPS) is 18.4. The second-order valence-corrected chi connectivity index (χ2v) is 5.89. The van der Waals surface area contributed by atoms with E-state index in [4.69, 9.17) is 9.73 Å². The fourth-order valence-corrected chi connectivity index (χ4v) is 2.97. The van der Waals surface area contributed by atoms with Crippen LogP contribution in [0.1, 0.15) is 19.8 Å². The quantitative estimate of drug-likeness (QED) is 0.343. The minimum Gasteiger partial charge on any atom is -0.383 e. The second kappa shape index (κ2) is 12.5. The third-order valence-electron chi connectivity index (χ3n) is 4.21. The Bertz CT molecular complexity index is 452. The van der Waals surface area contributed by atoms with Crippen LogP contribution in [0.4, 0.5) is 0 Å². The SMILES string of the molecule is CCNC(=NCC1CCCN1CCOC)NCCn1cccc1.I. The van der Waals surface area contributed by atoms with Gasteiger partial charge >= 0.3 is 0 Å². The number of nitrogens with zero attached hydrogens (tertiary/aromatic N) is 3. The summed E-state index contributed by atoms with van der Waals surface area (Å²) in [6.45, 7) is 8.63. The van der Waals surface area contributed by atoms with Crippen LogP contribution in [0.5, 0.6) is 0 Å². The third kappa shape index (κ3) is 7.40. The maximum atomic E-state index is 5.20. The summed E-state index contributed by atoms with van der Waals surface area (Å²) >= 11 is 0. The molecule has 0 aromatic carbocycles. The van der Waals surface area contributed by atoms with Crippen LogP contribution in [0, 0.1) is 0 Å². The zero-order valence-corrected chi connectivity index (χ0v) is 17.2. The number of aliphatic imine (C=N–C) groups is 1. The van der Waals surface area contributed by atoms with E-state index in [1.807, 2.05) is 12.1 Å². The molecule has 2 rings (SSSR count). The van der Waals surface area contributed by atoms with Crippen LogP contribution in [0.25, 0.3) is 0 Å². The summed E-state index contributed by atoms with van der Waals surface area (Å²) in [6.07, 6.45) is 6.66. The lowest BCUT2D eigenvalue weighted by atomic mass is 10.2. The Balaban J connectivity index is 0.00000288. The third-order valence-corrected chi connectivity index (χ3v) is 4.21. The molecule has 1 atom stereocenters. The number of rotatable bonds is 9. The molecule has 1 aliphatic rings. The standard InChI is InChI=1S/C17H31N5O.HI/c1-3-18-17(19-8-12-21-9-4-5-10-21)20-15-16-7-6-11-22(16)13-14-23-2;/h4-5,9-10,16H,3,6-8,11-15H2,1-2H3,(H2,18,19,20);1H. The molecular weight excluding hydrogens is 417 g/mol. The topological polar surface area (TPSA) is 53.8 Å². The molecule has 1 fully saturated rings. The highest BCUT2D eigenvalue weighted by Gasteiger charge is 2.23. The fraction of sp³-hybridized carbons (Fsp3) is 0.706. The van der Waals surface area contributed by atoms with E-state index in [0.29, 0.717) is 6.04 Å². The van der Waals surface area contributed by atoms with Crippen LogP contribution in [0.2, 0.25) is 0 Å². The van der Waals surface area contributed by atoms with Crippen LogP contribution in [-0.2, 0) is 11.3 Å². The van der Waals surface area contributed by atoms with Gasteiger partial charge in [-0.3, -0.25) is 9.89 Å². The van der Waals surface area contributed by atoms with Crippen molar-refractivity contribution in [3.05, 3.63) is 24.5 Å². The second-order valence-electron chi connectivity index (χ2n) is 5.89. The Hall–Kier alpha value is -0.800. The van der Waals surface area contributed by atoms with Gasteiger partial charge in [0.15, 0.2) is 5.96 Å². The van der Waals surface area contributed by atoms with E-state index in [9.17, 15) is 0 Å². The van der Waals surface area contributed by atoms with Crippen LogP contribution in [0.15, 0.2) is 29.5 Å². The number of ether oxygens (including phenoxy) is 1. The minimum atomic E-state index is 0. The first-order chi connectivity index (χ1) is 11.3. The highest BCUT2D eigenvalue weighted by atomic mass is 127. The van der Waals surface area contributed by atoms with Crippen molar-refractivity contribution in [3.63, 3.8) is 0 Å². The van der Waals surface area contributed by atoms with E-state index in [-0.39, 0.29) is 24.0 Å². The van der Waals surface area contributed by atoms with Gasteiger partial charge in [-0.1, -0.05) is 0 Å². The van der Waals surface area contributed by atoms with Gasteiger partial charge in [0.25, 0.3) is 0 Å². The highest BCUT2D eigenvalue weighted by molar-refractivity contribution is 14.0. The molecule has 0 aliphatic carbocycles. The molecule has 0 bridgehead atoms. The van der Waals surface area contributed by atoms with Crippen molar-refractivity contribution in [2.45, 2.75) is 32.4 Å². The molecule has 138 valence electrons. The molecule has 1 saturated heterocycles. The first-order valence-electron chi connectivity index (χ1n) is 8.69. The largest absolute Gasteiger partial charge is 0.383 e. The van der Waals surface area contributed by atoms with Gasteiger partial charge in [-0.25, -0.2) is 0 Å². The molecule has 0 amide bonds. The first kappa shape index (κ1) is 21.2. The van der Waals surface area contributed by atoms with Crippen molar-refractivity contribution in [2.24, 2.45) is 4.99 Å². The molecule has 0 radical (unpaired) electrons. The number of aromatic nitrogens is 1. The predicted octanol–water partition coefficient (Wildman–Crippen LogP) is 1.77. The van der Waals surface area contributed by atoms with Crippen LogP contribution < -0.4 is 10.6 Å². The lowest BCUT2D eigenvalue weighted by molar-refractivity contribution is 0.142. The molecule has 2 heterocycles. The van der Waals surface area contributed by atoms with Crippen molar-refractivity contribution in [1.29, 1.82) is 0 Å². The van der Waals surface area contributed by atoms with Gasteiger partial charge in [0.1, 0.15) is 0 Å². The van der Waals surface area contributed by atoms with Crippen molar-refractivity contribution in [3.8, 4) is 0 Å². The summed E-state index contributed by atoms with van der Waals surface area (Å²) in [7, 11) is 1.77. The van der Waals surface area contributed by atoms with E-state index < -0.39 is 0 Å². The number of hydrogen-bond acceptors (Lipinski definition) is 3. The number of nitrogens with one attached hydrogen (secondary N) is 2. The number of halogens is 1. The van der Waals surface area contributed by atoms with E-state index >= 15 is 0 Å². The summed E-state index contributed by atoms with van der Waals surface area (Å²) in [6, 6.07) is 4.65. The van der Waals surface area contributed by atoms with E-state index in [0.717, 1.165) is 45.3 Å². The average Bonchev–Trinajstić information content (AvgIpc) is 3.22. The van der Waals surface area contributed by atoms with E-state index in [1.165, 1.54) is 19.4 Å². The van der Waals surface area contributed by atoms with Gasteiger partial charge in [-0.15, -0.1) is 24.0 Å². The zero-order chi connectivity index (χ0) is 16.3. The van der Waals surface area contributed by atoms with Crippen molar-refractivity contribution in [2.75, 3.05) is 46.4 Å². The van der Waals surface area contributed by atoms with Crippen molar-refractivity contribution >= 4 is 29.9 Å². The van der Waals surface area contributed by atoms with Gasteiger partial charge in [0, 0.05) is 51.7 Å². The maximum absolute atomic E-state index is 5.20. The molecule has 0 spiro atoms. The molecule has 1 unspecified atom stereocenters. The molecular formula is C17H32IN5O. The van der Waals surface area contributed by atoms with Gasteiger partial charge in [-0.2, -0.15) is 0 Å². The molecule has 1 aliphatic heterocycles. The first-order valence-corrected chi connectivity index (χ1v) is 8.69. The lowest BCUT2D eigenvalue weighted by Crippen LogP contribution is -2.40. The van der Waals surface area contributed by atoms with Gasteiger partial charge in [0.2, 0.25) is 0 Å². The van der Waals surface area contributed by atoms with E-state index in [1.54, 1.807) is 7.11 Å². The molecule has 24 heavy (non-hydrogen) atoms. The number of likely N-dealkylation sites (tertiary alicyclic amines) is 1. The summed E-state index contributed by atoms with van der Waals surface area (Å²) in [5.41, 5.74) is 0. The number of hydrogen-bond donors (Lipinski definition) is 2. The van der Waals surface area contributed by atoms with Crippen molar-refractivity contribution in [1.82, 2.24) is 20.1 Å². The average molecular weight is 449 g/mol. The van der Waals surface area contributed by atoms with Gasteiger partial charge in [0.05, 0.1) is 13.2 Å². The minimum absolute atomic E-state index is 0. The molecule has 7 heteroatoms. The summed E-state index contributed by atoms with van der Waals surface area (Å²) in [5.74, 6) is 0.915. The monoisotopic (exact) mass is 449 g/mol. The predicted molar refractivity (Wildman–Crippen MR) is 110 cm³/mol. The van der Waals surface area contributed by atoms with Gasteiger partial charge in [-0.05, 0) is 38.4 Å². The Morgan fingerprint density at radius 2 is 2.04 bits per heavy atom. The van der Waals surface area contributed by atoms with Crippen LogP contribution in [0.3, 0.4) is 0 Å². The Morgan fingerprint density at radius 3 is 2.75 bits per heavy atom. The Morgan fingerprint density at radius 1 is 1.25 bits per heavy atom. The highest BCUT2D eigenvalue weighted by Crippen LogP contribution is 2.16. The number of methoxy groups -OCH3 is 1. The molecule has 1 aromatic heterocycles. The van der Waals surface area contributed by atoms with Gasteiger partial charge < -0.3 is 19.9 Å². The smallest absolute Gasteiger partial charge is 0.191 e. The zero-order valence-electron chi connectivity index (χ0n) is 14.9. The van der Waals surface area contributed by atoms with Crippen molar-refractivity contribution < 1.29 is 4.74 Å². The van der Waals surface area contributed by atoms with Crippen LogP contribution in [-0.4, -0.2) is 67.9 Å². The number of guanidine groups is 1. The molecule has 1 aromatic rings. The molecule has 2 N–H and O–H groups in total. The Labute approximate surface area is 163 Å². The molecule has 6 nitrogen and oxygen atoms in total. The summed E-state index contributed by atoms with van der Waals surface area (Å²) in [5, 5.41) is 6.75.